The number of carbonyl (C=O) groups is 1. The first kappa shape index (κ1) is 17.0. The number of hydrogen-bond donors (Lipinski definition) is 0. The Bertz CT molecular complexity index is 723. The molecule has 0 fully saturated rings. The van der Waals surface area contributed by atoms with Crippen LogP contribution in [0.15, 0.2) is 16.8 Å². The summed E-state index contributed by atoms with van der Waals surface area (Å²) in [7, 11) is 0. The van der Waals surface area contributed by atoms with Gasteiger partial charge in [0.1, 0.15) is 5.52 Å². The first-order valence-electron chi connectivity index (χ1n) is 5.56. The minimum atomic E-state index is -1.25. The van der Waals surface area contributed by atoms with Gasteiger partial charge in [-0.2, -0.15) is 5.26 Å². The Hall–Kier alpha value is -2.02. The van der Waals surface area contributed by atoms with E-state index < -0.39 is 16.8 Å². The van der Waals surface area contributed by atoms with Crippen LogP contribution in [0.2, 0.25) is 0 Å². The van der Waals surface area contributed by atoms with Gasteiger partial charge in [0.15, 0.2) is 5.92 Å². The van der Waals surface area contributed by atoms with E-state index in [2.05, 4.69) is 14.9 Å². The quantitative estimate of drug-likeness (QED) is 0.348. The van der Waals surface area contributed by atoms with Crippen LogP contribution in [0.1, 0.15) is 18.4 Å². The van der Waals surface area contributed by atoms with E-state index in [4.69, 9.17) is 10.00 Å². The zero-order valence-corrected chi connectivity index (χ0v) is 10.3. The number of aromatic nitrogens is 2. The number of rotatable bonds is 4. The zero-order chi connectivity index (χ0) is 14.7. The van der Waals surface area contributed by atoms with Crippen LogP contribution in [-0.4, -0.2) is 57.4 Å². The summed E-state index contributed by atoms with van der Waals surface area (Å²) >= 11 is 0. The van der Waals surface area contributed by atoms with Gasteiger partial charge in [0.05, 0.1) is 17.6 Å². The Morgan fingerprint density at radius 3 is 2.76 bits per heavy atom. The maximum absolute atomic E-state index is 11.7. The number of nitrogens with zero attached hydrogens (tertiary/aromatic N) is 4. The van der Waals surface area contributed by atoms with Crippen LogP contribution in [0.5, 0.6) is 0 Å². The number of esters is 1. The second-order valence-corrected chi connectivity index (χ2v) is 3.71. The average molecular weight is 300 g/mol. The first-order chi connectivity index (χ1) is 9.60. The fourth-order valence-corrected chi connectivity index (χ4v) is 1.73. The molecule has 1 unspecified atom stereocenters. The van der Waals surface area contributed by atoms with Crippen molar-refractivity contribution in [2.24, 2.45) is 0 Å². The number of hydrogen-bond acceptors (Lipinski definition) is 8. The fraction of sp³-hybridized carbons (Fsp3) is 0.273. The van der Waals surface area contributed by atoms with Crippen LogP contribution < -0.4 is 0 Å². The summed E-state index contributed by atoms with van der Waals surface area (Å²) in [5, 5.41) is 26.9. The molecule has 1 aromatic heterocycles. The Kier molecular flexibility index (Phi) is 5.78. The molecule has 0 saturated carbocycles. The van der Waals surface area contributed by atoms with Gasteiger partial charge in [-0.05, 0) is 23.3 Å². The van der Waals surface area contributed by atoms with Gasteiger partial charge in [-0.1, -0.05) is 0 Å². The molecule has 0 N–H and O–H groups in total. The van der Waals surface area contributed by atoms with Gasteiger partial charge in [0.25, 0.3) is 0 Å². The summed E-state index contributed by atoms with van der Waals surface area (Å²) < 4.78 is 9.24. The summed E-state index contributed by atoms with van der Waals surface area (Å²) in [6.07, 6.45) is 0. The van der Waals surface area contributed by atoms with Crippen LogP contribution in [0, 0.1) is 21.4 Å². The molecule has 0 saturated heterocycles. The number of nitro benzene ring substituents is 1. The van der Waals surface area contributed by atoms with E-state index in [1.54, 1.807) is 13.0 Å². The van der Waals surface area contributed by atoms with Crippen LogP contribution in [0.3, 0.4) is 0 Å². The van der Waals surface area contributed by atoms with Crippen molar-refractivity contribution in [2.45, 2.75) is 12.8 Å². The van der Waals surface area contributed by atoms with Crippen molar-refractivity contribution in [1.29, 1.82) is 5.26 Å². The summed E-state index contributed by atoms with van der Waals surface area (Å²) in [4.78, 5) is 21.9. The Morgan fingerprint density at radius 2 is 2.19 bits per heavy atom. The summed E-state index contributed by atoms with van der Waals surface area (Å²) in [6.45, 7) is 1.72. The molecule has 10 heteroatoms. The number of fused-ring (bicyclic) bond motifs is 1. The number of carbonyl (C=O) groups excluding carboxylic acids is 1. The minimum absolute atomic E-state index is 0. The van der Waals surface area contributed by atoms with Gasteiger partial charge in [-0.3, -0.25) is 14.9 Å². The van der Waals surface area contributed by atoms with Crippen LogP contribution in [0.4, 0.5) is 5.69 Å². The van der Waals surface area contributed by atoms with Crippen molar-refractivity contribution in [3.63, 3.8) is 0 Å². The molecule has 1 aromatic carbocycles. The first-order valence-corrected chi connectivity index (χ1v) is 5.56. The molecule has 1 atom stereocenters. The van der Waals surface area contributed by atoms with E-state index in [0.29, 0.717) is 0 Å². The molecule has 0 aliphatic carbocycles. The third kappa shape index (κ3) is 3.18. The molecule has 0 aliphatic heterocycles. The molecule has 104 valence electrons. The van der Waals surface area contributed by atoms with Gasteiger partial charge in [-0.25, -0.2) is 4.63 Å². The number of nitro groups is 1. The molecule has 0 amide bonds. The Morgan fingerprint density at radius 1 is 1.52 bits per heavy atom. The Balaban J connectivity index is 0.00000220. The van der Waals surface area contributed by atoms with Crippen LogP contribution in [0.25, 0.3) is 11.0 Å². The van der Waals surface area contributed by atoms with Gasteiger partial charge in [-0.15, -0.1) is 0 Å². The van der Waals surface area contributed by atoms with E-state index in [0.717, 1.165) is 6.07 Å². The van der Waals surface area contributed by atoms with E-state index in [9.17, 15) is 14.9 Å². The predicted octanol–water partition coefficient (Wildman–Crippen LogP) is 0.653. The molecule has 2 rings (SSSR count). The average Bonchev–Trinajstić information content (AvgIpc) is 2.88. The van der Waals surface area contributed by atoms with E-state index in [-0.39, 0.29) is 58.4 Å². The van der Waals surface area contributed by atoms with E-state index in [1.807, 2.05) is 0 Å². The molecule has 21 heavy (non-hydrogen) atoms. The second kappa shape index (κ2) is 7.12. The number of nitriles is 1. The van der Waals surface area contributed by atoms with E-state index in [1.165, 1.54) is 6.07 Å². The van der Waals surface area contributed by atoms with Crippen molar-refractivity contribution in [1.82, 2.24) is 10.3 Å². The fourth-order valence-electron chi connectivity index (χ4n) is 1.73. The van der Waals surface area contributed by atoms with Gasteiger partial charge in [0.2, 0.25) is 5.52 Å². The van der Waals surface area contributed by atoms with Crippen molar-refractivity contribution in [3.8, 4) is 6.07 Å². The third-order valence-corrected chi connectivity index (χ3v) is 2.58. The van der Waals surface area contributed by atoms with Crippen LogP contribution in [-0.2, 0) is 9.53 Å². The van der Waals surface area contributed by atoms with Crippen LogP contribution >= 0.6 is 0 Å². The third-order valence-electron chi connectivity index (χ3n) is 2.58. The SMILES string of the molecule is CCOC(=O)C(C#N)c1ccc([N+](=O)[O-])c2nonc12.[NaH]. The number of benzene rings is 1. The molecule has 0 spiro atoms. The standard InChI is InChI=1S/C11H8N4O5.Na.H/c1-2-19-11(16)7(5-12)6-3-4-8(15(17)18)10-9(6)13-20-14-10;;/h3-4,7H,2H2,1H3;;. The van der Waals surface area contributed by atoms with Crippen molar-refractivity contribution < 1.29 is 19.1 Å². The van der Waals surface area contributed by atoms with Gasteiger partial charge < -0.3 is 4.74 Å². The predicted molar refractivity (Wildman–Crippen MR) is 70.6 cm³/mol. The zero-order valence-electron chi connectivity index (χ0n) is 10.3. The molecule has 2 aromatic rings. The Labute approximate surface area is 140 Å². The summed E-state index contributed by atoms with van der Waals surface area (Å²) in [5.41, 5.74) is -0.269. The number of non-ortho nitro benzene ring substituents is 1. The molecule has 1 heterocycles. The monoisotopic (exact) mass is 300 g/mol. The van der Waals surface area contributed by atoms with Gasteiger partial charge >= 0.3 is 41.2 Å². The van der Waals surface area contributed by atoms with E-state index >= 15 is 0 Å². The maximum atomic E-state index is 11.7. The molecular weight excluding hydrogens is 291 g/mol. The molecule has 0 aliphatic rings. The van der Waals surface area contributed by atoms with Crippen molar-refractivity contribution in [3.05, 3.63) is 27.8 Å². The number of ether oxygens (including phenoxy) is 1. The normalized spacial score (nSPS) is 11.2. The molecular formula is C11H9N4NaO5. The molecule has 0 radical (unpaired) electrons. The topological polar surface area (TPSA) is 132 Å². The van der Waals surface area contributed by atoms with Crippen molar-refractivity contribution >= 4 is 52.2 Å². The second-order valence-electron chi connectivity index (χ2n) is 3.71. The van der Waals surface area contributed by atoms with Gasteiger partial charge in [0, 0.05) is 11.6 Å². The summed E-state index contributed by atoms with van der Waals surface area (Å²) in [6, 6.07) is 4.20. The molecule has 9 nitrogen and oxygen atoms in total. The van der Waals surface area contributed by atoms with Crippen molar-refractivity contribution in [2.75, 3.05) is 6.61 Å². The molecule has 0 bridgehead atoms. The summed E-state index contributed by atoms with van der Waals surface area (Å²) in [5.74, 6) is -2.00.